The number of hydrogen-bond donors (Lipinski definition) is 1. The fourth-order valence-electron chi connectivity index (χ4n) is 3.86. The number of nitrogens with zero attached hydrogens (tertiary/aromatic N) is 1. The second kappa shape index (κ2) is 5.40. The molecule has 0 amide bonds. The van der Waals surface area contributed by atoms with Gasteiger partial charge in [-0.25, -0.2) is 0 Å². The van der Waals surface area contributed by atoms with Gasteiger partial charge < -0.3 is 10.2 Å². The Morgan fingerprint density at radius 3 is 2.85 bits per heavy atom. The van der Waals surface area contributed by atoms with Crippen LogP contribution in [0.5, 0.6) is 0 Å². The van der Waals surface area contributed by atoms with Gasteiger partial charge in [0.2, 0.25) is 0 Å². The lowest BCUT2D eigenvalue weighted by Crippen LogP contribution is -2.30. The third-order valence-corrected chi connectivity index (χ3v) is 4.84. The molecule has 1 aromatic carbocycles. The summed E-state index contributed by atoms with van der Waals surface area (Å²) in [7, 11) is 0. The van der Waals surface area contributed by atoms with Gasteiger partial charge in [0.25, 0.3) is 0 Å². The summed E-state index contributed by atoms with van der Waals surface area (Å²) < 4.78 is 5.91. The summed E-state index contributed by atoms with van der Waals surface area (Å²) in [5.41, 5.74) is 7.18. The van der Waals surface area contributed by atoms with Crippen LogP contribution in [0.2, 0.25) is 0 Å². The summed E-state index contributed by atoms with van der Waals surface area (Å²) in [6.07, 6.45) is 2.52. The molecule has 3 atom stereocenters. The molecule has 4 heteroatoms. The number of benzene rings is 1. The molecule has 20 heavy (non-hydrogen) atoms. The molecule has 4 rings (SSSR count). The van der Waals surface area contributed by atoms with Crippen molar-refractivity contribution >= 4 is 23.4 Å². The van der Waals surface area contributed by atoms with Crippen LogP contribution in [-0.2, 0) is 6.54 Å². The Bertz CT molecular complexity index is 564. The first kappa shape index (κ1) is 13.9. The average molecular weight is 293 g/mol. The van der Waals surface area contributed by atoms with Gasteiger partial charge in [0.1, 0.15) is 11.3 Å². The highest BCUT2D eigenvalue weighted by atomic mass is 35.5. The van der Waals surface area contributed by atoms with Crippen LogP contribution in [0.1, 0.15) is 18.6 Å². The largest absolute Gasteiger partial charge is 0.460 e. The summed E-state index contributed by atoms with van der Waals surface area (Å²) in [6, 6.07) is 10.8. The molecule has 2 fully saturated rings. The monoisotopic (exact) mass is 292 g/mol. The van der Waals surface area contributed by atoms with Crippen molar-refractivity contribution in [1.29, 1.82) is 0 Å². The molecule has 3 nitrogen and oxygen atoms in total. The number of nitrogens with two attached hydrogens (primary N) is 1. The van der Waals surface area contributed by atoms with Crippen LogP contribution in [0.15, 0.2) is 34.7 Å². The van der Waals surface area contributed by atoms with Gasteiger partial charge in [0, 0.05) is 24.5 Å². The van der Waals surface area contributed by atoms with Crippen molar-refractivity contribution in [2.45, 2.75) is 25.4 Å². The SMILES string of the molecule is Cl.NC1CCC2CN(Cc3cc4ccccc4o3)CC12. The van der Waals surface area contributed by atoms with E-state index in [-0.39, 0.29) is 12.4 Å². The van der Waals surface area contributed by atoms with E-state index in [9.17, 15) is 0 Å². The first-order valence-electron chi connectivity index (χ1n) is 7.25. The van der Waals surface area contributed by atoms with Gasteiger partial charge in [-0.2, -0.15) is 0 Å². The number of halogens is 1. The molecule has 2 aromatic rings. The highest BCUT2D eigenvalue weighted by molar-refractivity contribution is 5.85. The number of likely N-dealkylation sites (tertiary alicyclic amines) is 1. The molecule has 2 aliphatic rings. The van der Waals surface area contributed by atoms with Gasteiger partial charge in [-0.3, -0.25) is 4.90 Å². The van der Waals surface area contributed by atoms with E-state index in [1.54, 1.807) is 0 Å². The third-order valence-electron chi connectivity index (χ3n) is 4.84. The molecule has 3 unspecified atom stereocenters. The van der Waals surface area contributed by atoms with Crippen molar-refractivity contribution in [3.05, 3.63) is 36.1 Å². The number of rotatable bonds is 2. The lowest BCUT2D eigenvalue weighted by Gasteiger charge is -2.16. The smallest absolute Gasteiger partial charge is 0.134 e. The summed E-state index contributed by atoms with van der Waals surface area (Å²) in [5, 5.41) is 1.20. The highest BCUT2D eigenvalue weighted by Gasteiger charge is 2.40. The molecule has 2 heterocycles. The lowest BCUT2D eigenvalue weighted by atomic mass is 9.98. The number of hydrogen-bond acceptors (Lipinski definition) is 3. The summed E-state index contributed by atoms with van der Waals surface area (Å²) in [6.45, 7) is 3.26. The Kier molecular flexibility index (Phi) is 3.76. The molecular formula is C16H21ClN2O. The maximum Gasteiger partial charge on any atom is 0.134 e. The van der Waals surface area contributed by atoms with Crippen molar-refractivity contribution in [3.8, 4) is 0 Å². The van der Waals surface area contributed by atoms with Crippen molar-refractivity contribution in [3.63, 3.8) is 0 Å². The van der Waals surface area contributed by atoms with Gasteiger partial charge in [0.05, 0.1) is 6.54 Å². The highest BCUT2D eigenvalue weighted by Crippen LogP contribution is 2.37. The zero-order chi connectivity index (χ0) is 12.8. The molecular weight excluding hydrogens is 272 g/mol. The zero-order valence-corrected chi connectivity index (χ0v) is 12.3. The van der Waals surface area contributed by atoms with Gasteiger partial charge in [0.15, 0.2) is 0 Å². The second-order valence-corrected chi connectivity index (χ2v) is 6.11. The van der Waals surface area contributed by atoms with Crippen LogP contribution in [-0.4, -0.2) is 24.0 Å². The maximum atomic E-state index is 6.19. The summed E-state index contributed by atoms with van der Waals surface area (Å²) in [5.74, 6) is 2.61. The van der Waals surface area contributed by atoms with Crippen molar-refractivity contribution in [2.24, 2.45) is 17.6 Å². The summed E-state index contributed by atoms with van der Waals surface area (Å²) in [4.78, 5) is 2.51. The molecule has 0 bridgehead atoms. The van der Waals surface area contributed by atoms with Crippen LogP contribution >= 0.6 is 12.4 Å². The molecule has 1 saturated carbocycles. The predicted molar refractivity (Wildman–Crippen MR) is 82.9 cm³/mol. The normalized spacial score (nSPS) is 29.6. The minimum absolute atomic E-state index is 0. The first-order chi connectivity index (χ1) is 9.29. The standard InChI is InChI=1S/C16H20N2O.ClH/c17-15-6-5-12-8-18(10-14(12)15)9-13-7-11-3-1-2-4-16(11)19-13;/h1-4,7,12,14-15H,5-6,8-10,17H2;1H. The Labute approximate surface area is 125 Å². The lowest BCUT2D eigenvalue weighted by molar-refractivity contribution is 0.275. The van der Waals surface area contributed by atoms with E-state index in [2.05, 4.69) is 23.1 Å². The summed E-state index contributed by atoms with van der Waals surface area (Å²) >= 11 is 0. The predicted octanol–water partition coefficient (Wildman–Crippen LogP) is 3.02. The number of furan rings is 1. The van der Waals surface area contributed by atoms with Crippen molar-refractivity contribution in [2.75, 3.05) is 13.1 Å². The minimum Gasteiger partial charge on any atom is -0.460 e. The first-order valence-corrected chi connectivity index (χ1v) is 7.25. The van der Waals surface area contributed by atoms with E-state index in [1.807, 2.05) is 12.1 Å². The fraction of sp³-hybridized carbons (Fsp3) is 0.500. The van der Waals surface area contributed by atoms with E-state index in [0.717, 1.165) is 30.4 Å². The Morgan fingerprint density at radius 1 is 1.20 bits per heavy atom. The van der Waals surface area contributed by atoms with Gasteiger partial charge in [-0.1, -0.05) is 18.2 Å². The van der Waals surface area contributed by atoms with Crippen LogP contribution < -0.4 is 5.73 Å². The fourth-order valence-corrected chi connectivity index (χ4v) is 3.86. The Balaban J connectivity index is 0.00000121. The van der Waals surface area contributed by atoms with Crippen LogP contribution in [0, 0.1) is 11.8 Å². The molecule has 0 radical (unpaired) electrons. The van der Waals surface area contributed by atoms with Crippen LogP contribution in [0.25, 0.3) is 11.0 Å². The number of fused-ring (bicyclic) bond motifs is 2. The van der Waals surface area contributed by atoms with E-state index in [0.29, 0.717) is 12.0 Å². The molecule has 0 spiro atoms. The Morgan fingerprint density at radius 2 is 2.05 bits per heavy atom. The Hall–Kier alpha value is -1.03. The van der Waals surface area contributed by atoms with E-state index in [1.165, 1.54) is 24.8 Å². The number of para-hydroxylation sites is 1. The van der Waals surface area contributed by atoms with Crippen LogP contribution in [0.3, 0.4) is 0 Å². The minimum atomic E-state index is 0. The molecule has 1 aromatic heterocycles. The molecule has 1 aliphatic carbocycles. The maximum absolute atomic E-state index is 6.19. The quantitative estimate of drug-likeness (QED) is 0.925. The van der Waals surface area contributed by atoms with Gasteiger partial charge in [-0.15, -0.1) is 12.4 Å². The molecule has 1 aliphatic heterocycles. The van der Waals surface area contributed by atoms with Crippen LogP contribution in [0.4, 0.5) is 0 Å². The molecule has 108 valence electrons. The van der Waals surface area contributed by atoms with E-state index in [4.69, 9.17) is 10.2 Å². The van der Waals surface area contributed by atoms with Gasteiger partial charge in [-0.05, 0) is 36.8 Å². The topological polar surface area (TPSA) is 42.4 Å². The van der Waals surface area contributed by atoms with E-state index < -0.39 is 0 Å². The average Bonchev–Trinajstić information content (AvgIpc) is 3.06. The zero-order valence-electron chi connectivity index (χ0n) is 11.5. The van der Waals surface area contributed by atoms with Crippen molar-refractivity contribution < 1.29 is 4.42 Å². The molecule has 1 saturated heterocycles. The molecule has 2 N–H and O–H groups in total. The van der Waals surface area contributed by atoms with E-state index >= 15 is 0 Å². The second-order valence-electron chi connectivity index (χ2n) is 6.11. The van der Waals surface area contributed by atoms with Gasteiger partial charge >= 0.3 is 0 Å². The third kappa shape index (κ3) is 2.34. The van der Waals surface area contributed by atoms with Crippen molar-refractivity contribution in [1.82, 2.24) is 4.90 Å².